The van der Waals surface area contributed by atoms with E-state index in [4.69, 9.17) is 0 Å². The predicted molar refractivity (Wildman–Crippen MR) is 72.3 cm³/mol. The van der Waals surface area contributed by atoms with Crippen molar-refractivity contribution >= 4 is 11.3 Å². The van der Waals surface area contributed by atoms with Crippen molar-refractivity contribution in [2.75, 3.05) is 0 Å². The Labute approximate surface area is 106 Å². The standard InChI is InChI=1S/C13H19N3S/c1-9-7-13(11(3)17-9)10(2)14-8-12-5-6-16(4)15-12/h5-7,10,14H,8H2,1-4H3. The highest BCUT2D eigenvalue weighted by Crippen LogP contribution is 2.26. The van der Waals surface area contributed by atoms with Crippen molar-refractivity contribution in [3.8, 4) is 0 Å². The van der Waals surface area contributed by atoms with E-state index in [1.54, 1.807) is 0 Å². The zero-order valence-electron chi connectivity index (χ0n) is 10.8. The van der Waals surface area contributed by atoms with E-state index in [0.29, 0.717) is 6.04 Å². The maximum absolute atomic E-state index is 4.36. The van der Waals surface area contributed by atoms with E-state index < -0.39 is 0 Å². The van der Waals surface area contributed by atoms with Crippen LogP contribution in [0.5, 0.6) is 0 Å². The summed E-state index contributed by atoms with van der Waals surface area (Å²) in [5.41, 5.74) is 2.49. The highest BCUT2D eigenvalue weighted by Gasteiger charge is 2.10. The highest BCUT2D eigenvalue weighted by molar-refractivity contribution is 7.12. The van der Waals surface area contributed by atoms with Gasteiger partial charge in [-0.3, -0.25) is 4.68 Å². The maximum Gasteiger partial charge on any atom is 0.0762 e. The van der Waals surface area contributed by atoms with Crippen LogP contribution in [-0.4, -0.2) is 9.78 Å². The van der Waals surface area contributed by atoms with E-state index in [2.05, 4.69) is 37.3 Å². The van der Waals surface area contributed by atoms with Crippen molar-refractivity contribution in [2.24, 2.45) is 7.05 Å². The molecule has 0 aliphatic rings. The number of nitrogens with zero attached hydrogens (tertiary/aromatic N) is 2. The first-order valence-electron chi connectivity index (χ1n) is 5.85. The van der Waals surface area contributed by atoms with Crippen molar-refractivity contribution in [3.63, 3.8) is 0 Å². The summed E-state index contributed by atoms with van der Waals surface area (Å²) in [4.78, 5) is 2.78. The molecule has 2 aromatic rings. The Morgan fingerprint density at radius 2 is 2.24 bits per heavy atom. The number of thiophene rings is 1. The Morgan fingerprint density at radius 3 is 2.76 bits per heavy atom. The van der Waals surface area contributed by atoms with Gasteiger partial charge in [-0.25, -0.2) is 0 Å². The average Bonchev–Trinajstić information content (AvgIpc) is 2.81. The molecule has 0 bridgehead atoms. The molecule has 0 saturated heterocycles. The van der Waals surface area contributed by atoms with Gasteiger partial charge in [-0.15, -0.1) is 11.3 Å². The number of nitrogens with one attached hydrogen (secondary N) is 1. The first-order valence-corrected chi connectivity index (χ1v) is 6.66. The predicted octanol–water partition coefficient (Wildman–Crippen LogP) is 2.95. The molecule has 0 amide bonds. The molecule has 3 nitrogen and oxygen atoms in total. The molecular weight excluding hydrogens is 230 g/mol. The summed E-state index contributed by atoms with van der Waals surface area (Å²) in [6, 6.07) is 4.70. The normalized spacial score (nSPS) is 12.9. The van der Waals surface area contributed by atoms with Gasteiger partial charge < -0.3 is 5.32 Å². The van der Waals surface area contributed by atoms with Crippen LogP contribution in [0.4, 0.5) is 0 Å². The van der Waals surface area contributed by atoms with Gasteiger partial charge in [0.15, 0.2) is 0 Å². The Morgan fingerprint density at radius 1 is 1.47 bits per heavy atom. The molecule has 92 valence electrons. The Balaban J connectivity index is 1.97. The number of hydrogen-bond acceptors (Lipinski definition) is 3. The van der Waals surface area contributed by atoms with Crippen LogP contribution < -0.4 is 5.32 Å². The molecule has 0 saturated carbocycles. The quantitative estimate of drug-likeness (QED) is 0.903. The van der Waals surface area contributed by atoms with Crippen LogP contribution in [0.25, 0.3) is 0 Å². The lowest BCUT2D eigenvalue weighted by Crippen LogP contribution is -2.18. The van der Waals surface area contributed by atoms with Crippen molar-refractivity contribution in [1.29, 1.82) is 0 Å². The molecule has 1 unspecified atom stereocenters. The minimum atomic E-state index is 0.377. The van der Waals surface area contributed by atoms with Crippen LogP contribution in [0, 0.1) is 13.8 Å². The van der Waals surface area contributed by atoms with Crippen molar-refractivity contribution in [1.82, 2.24) is 15.1 Å². The zero-order chi connectivity index (χ0) is 12.4. The Bertz CT molecular complexity index is 498. The third kappa shape index (κ3) is 2.96. The molecule has 2 rings (SSSR count). The molecule has 2 aromatic heterocycles. The second kappa shape index (κ2) is 5.02. The second-order valence-electron chi connectivity index (χ2n) is 4.45. The smallest absolute Gasteiger partial charge is 0.0762 e. The van der Waals surface area contributed by atoms with E-state index in [9.17, 15) is 0 Å². The minimum absolute atomic E-state index is 0.377. The SMILES string of the molecule is Cc1cc(C(C)NCc2ccn(C)n2)c(C)s1. The van der Waals surface area contributed by atoms with E-state index in [1.165, 1.54) is 15.3 Å². The van der Waals surface area contributed by atoms with E-state index in [1.807, 2.05) is 35.3 Å². The molecule has 0 fully saturated rings. The molecule has 4 heteroatoms. The average molecular weight is 249 g/mol. The third-order valence-electron chi connectivity index (χ3n) is 2.90. The molecule has 0 radical (unpaired) electrons. The van der Waals surface area contributed by atoms with Crippen LogP contribution in [0.1, 0.15) is 34.0 Å². The van der Waals surface area contributed by atoms with Crippen molar-refractivity contribution < 1.29 is 0 Å². The second-order valence-corrected chi connectivity index (χ2v) is 5.91. The third-order valence-corrected chi connectivity index (χ3v) is 3.89. The monoisotopic (exact) mass is 249 g/mol. The highest BCUT2D eigenvalue weighted by atomic mass is 32.1. The summed E-state index contributed by atoms with van der Waals surface area (Å²) in [5.74, 6) is 0. The lowest BCUT2D eigenvalue weighted by Gasteiger charge is -2.12. The molecular formula is C13H19N3S. The van der Waals surface area contributed by atoms with E-state index in [-0.39, 0.29) is 0 Å². The molecule has 1 atom stereocenters. The Hall–Kier alpha value is -1.13. The van der Waals surface area contributed by atoms with Gasteiger partial charge in [0.1, 0.15) is 0 Å². The van der Waals surface area contributed by atoms with Gasteiger partial charge in [0.25, 0.3) is 0 Å². The summed E-state index contributed by atoms with van der Waals surface area (Å²) >= 11 is 1.86. The van der Waals surface area contributed by atoms with Gasteiger partial charge in [-0.2, -0.15) is 5.10 Å². The van der Waals surface area contributed by atoms with Gasteiger partial charge in [-0.1, -0.05) is 0 Å². The summed E-state index contributed by atoms with van der Waals surface area (Å²) in [7, 11) is 1.94. The molecule has 0 aromatic carbocycles. The van der Waals surface area contributed by atoms with Crippen LogP contribution in [0.15, 0.2) is 18.3 Å². The lowest BCUT2D eigenvalue weighted by molar-refractivity contribution is 0.561. The molecule has 17 heavy (non-hydrogen) atoms. The molecule has 0 spiro atoms. The van der Waals surface area contributed by atoms with Crippen molar-refractivity contribution in [2.45, 2.75) is 33.4 Å². The Kier molecular flexibility index (Phi) is 3.64. The molecule has 1 N–H and O–H groups in total. The van der Waals surface area contributed by atoms with Gasteiger partial charge in [0.05, 0.1) is 5.69 Å². The molecule has 2 heterocycles. The van der Waals surface area contributed by atoms with Crippen LogP contribution in [0.2, 0.25) is 0 Å². The maximum atomic E-state index is 4.36. The first kappa shape index (κ1) is 12.3. The van der Waals surface area contributed by atoms with Crippen molar-refractivity contribution in [3.05, 3.63) is 39.3 Å². The first-order chi connectivity index (χ1) is 8.06. The summed E-state index contributed by atoms with van der Waals surface area (Å²) in [6.45, 7) is 7.37. The summed E-state index contributed by atoms with van der Waals surface area (Å²) in [6.07, 6.45) is 1.97. The van der Waals surface area contributed by atoms with Crippen LogP contribution in [-0.2, 0) is 13.6 Å². The van der Waals surface area contributed by atoms with Gasteiger partial charge in [-0.05, 0) is 38.5 Å². The number of hydrogen-bond donors (Lipinski definition) is 1. The fourth-order valence-electron chi connectivity index (χ4n) is 2.01. The van der Waals surface area contributed by atoms with Crippen LogP contribution >= 0.6 is 11.3 Å². The zero-order valence-corrected chi connectivity index (χ0v) is 11.6. The summed E-state index contributed by atoms with van der Waals surface area (Å²) in [5, 5.41) is 7.87. The molecule has 0 aliphatic heterocycles. The molecule has 0 aliphatic carbocycles. The lowest BCUT2D eigenvalue weighted by atomic mass is 10.1. The van der Waals surface area contributed by atoms with Gasteiger partial charge in [0.2, 0.25) is 0 Å². The fraction of sp³-hybridized carbons (Fsp3) is 0.462. The number of aryl methyl sites for hydroxylation is 3. The minimum Gasteiger partial charge on any atom is -0.304 e. The number of rotatable bonds is 4. The van der Waals surface area contributed by atoms with Gasteiger partial charge in [0, 0.05) is 35.6 Å². The van der Waals surface area contributed by atoms with Crippen LogP contribution in [0.3, 0.4) is 0 Å². The number of aromatic nitrogens is 2. The topological polar surface area (TPSA) is 29.9 Å². The van der Waals surface area contributed by atoms with E-state index >= 15 is 0 Å². The summed E-state index contributed by atoms with van der Waals surface area (Å²) < 4.78 is 1.83. The largest absolute Gasteiger partial charge is 0.304 e. The van der Waals surface area contributed by atoms with E-state index in [0.717, 1.165) is 12.2 Å². The van der Waals surface area contributed by atoms with Gasteiger partial charge >= 0.3 is 0 Å². The fourth-order valence-corrected chi connectivity index (χ4v) is 3.03.